The van der Waals surface area contributed by atoms with Crippen LogP contribution in [-0.4, -0.2) is 40.0 Å². The second-order valence-electron chi connectivity index (χ2n) is 7.65. The van der Waals surface area contributed by atoms with Gasteiger partial charge in [-0.05, 0) is 69.1 Å². The molecule has 0 bridgehead atoms. The molecule has 1 aromatic heterocycles. The minimum atomic E-state index is -0.493. The Morgan fingerprint density at radius 3 is 2.76 bits per heavy atom. The number of aromatic nitrogens is 2. The average Bonchev–Trinajstić information content (AvgIpc) is 3.01. The molecule has 0 radical (unpaired) electrons. The number of amides is 1. The van der Waals surface area contributed by atoms with Crippen molar-refractivity contribution in [2.24, 2.45) is 5.92 Å². The highest BCUT2D eigenvalue weighted by Gasteiger charge is 2.22. The zero-order valence-corrected chi connectivity index (χ0v) is 17.1. The number of para-hydroxylation sites is 2. The summed E-state index contributed by atoms with van der Waals surface area (Å²) >= 11 is 5.77. The van der Waals surface area contributed by atoms with Gasteiger partial charge in [0.25, 0.3) is 0 Å². The van der Waals surface area contributed by atoms with Gasteiger partial charge in [0, 0.05) is 12.2 Å². The molecule has 0 spiro atoms. The van der Waals surface area contributed by atoms with Gasteiger partial charge in [-0.3, -0.25) is 9.69 Å². The Labute approximate surface area is 174 Å². The van der Waals surface area contributed by atoms with Crippen LogP contribution in [-0.2, 0) is 11.3 Å². The highest BCUT2D eigenvalue weighted by Crippen LogP contribution is 2.24. The monoisotopic (exact) mass is 414 g/mol. The first-order valence-corrected chi connectivity index (χ1v) is 10.3. The first kappa shape index (κ1) is 19.9. The lowest BCUT2D eigenvalue weighted by Crippen LogP contribution is -2.40. The summed E-state index contributed by atoms with van der Waals surface area (Å²) in [5, 5.41) is 2.79. The molecule has 0 unspecified atom stereocenters. The number of imidazole rings is 1. The van der Waals surface area contributed by atoms with Crippen molar-refractivity contribution in [2.75, 3.05) is 25.0 Å². The van der Waals surface area contributed by atoms with Crippen molar-refractivity contribution in [3.8, 4) is 0 Å². The molecule has 1 amide bonds. The Hall–Kier alpha value is -2.44. The molecule has 0 aliphatic carbocycles. The Morgan fingerprint density at radius 2 is 2.00 bits per heavy atom. The number of hydrogen-bond donors (Lipinski definition) is 1. The molecular formula is C22H24ClFN4O. The maximum atomic E-state index is 13.2. The fourth-order valence-corrected chi connectivity index (χ4v) is 4.17. The molecule has 5 nitrogen and oxygen atoms in total. The maximum Gasteiger partial charge on any atom is 0.238 e. The van der Waals surface area contributed by atoms with Crippen LogP contribution in [0.4, 0.5) is 10.1 Å². The number of nitrogens with one attached hydrogen (secondary N) is 1. The van der Waals surface area contributed by atoms with Gasteiger partial charge in [-0.1, -0.05) is 23.7 Å². The van der Waals surface area contributed by atoms with Crippen LogP contribution in [0.25, 0.3) is 11.0 Å². The summed E-state index contributed by atoms with van der Waals surface area (Å²) in [4.78, 5) is 19.1. The number of carbonyl (C=O) groups is 1. The molecule has 4 rings (SSSR count). The zero-order valence-electron chi connectivity index (χ0n) is 16.4. The Morgan fingerprint density at radius 1 is 1.24 bits per heavy atom. The van der Waals surface area contributed by atoms with Crippen molar-refractivity contribution >= 4 is 34.2 Å². The lowest BCUT2D eigenvalue weighted by atomic mass is 9.96. The summed E-state index contributed by atoms with van der Waals surface area (Å²) in [5.41, 5.74) is 2.74. The number of likely N-dealkylation sites (tertiary alicyclic amines) is 1. The van der Waals surface area contributed by atoms with E-state index in [-0.39, 0.29) is 10.9 Å². The predicted octanol–water partition coefficient (Wildman–Crippen LogP) is 4.49. The highest BCUT2D eigenvalue weighted by molar-refractivity contribution is 6.31. The van der Waals surface area contributed by atoms with Crippen molar-refractivity contribution in [1.29, 1.82) is 0 Å². The Bertz CT molecular complexity index is 1030. The molecule has 29 heavy (non-hydrogen) atoms. The molecule has 0 saturated carbocycles. The number of fused-ring (bicyclic) bond motifs is 1. The van der Waals surface area contributed by atoms with E-state index in [2.05, 4.69) is 38.8 Å². The molecule has 1 aliphatic rings. The summed E-state index contributed by atoms with van der Waals surface area (Å²) in [5.74, 6) is 1.02. The fourth-order valence-electron chi connectivity index (χ4n) is 3.99. The highest BCUT2D eigenvalue weighted by atomic mass is 35.5. The van der Waals surface area contributed by atoms with Crippen LogP contribution in [0, 0.1) is 18.7 Å². The molecular weight excluding hydrogens is 391 g/mol. The maximum absolute atomic E-state index is 13.2. The van der Waals surface area contributed by atoms with Crippen LogP contribution in [0.1, 0.15) is 18.7 Å². The number of halogens is 2. The summed E-state index contributed by atoms with van der Waals surface area (Å²) < 4.78 is 15.5. The van der Waals surface area contributed by atoms with E-state index in [0.29, 0.717) is 18.2 Å². The summed E-state index contributed by atoms with van der Waals surface area (Å²) in [7, 11) is 0. The Balaban J connectivity index is 1.29. The van der Waals surface area contributed by atoms with Crippen molar-refractivity contribution in [3.63, 3.8) is 0 Å². The summed E-state index contributed by atoms with van der Waals surface area (Å²) in [6.45, 7) is 5.11. The number of anilines is 1. The van der Waals surface area contributed by atoms with E-state index in [0.717, 1.165) is 43.8 Å². The van der Waals surface area contributed by atoms with Crippen molar-refractivity contribution in [3.05, 3.63) is 59.1 Å². The second-order valence-corrected chi connectivity index (χ2v) is 8.06. The average molecular weight is 415 g/mol. The molecule has 152 valence electrons. The van der Waals surface area contributed by atoms with Gasteiger partial charge in [-0.2, -0.15) is 0 Å². The molecule has 1 fully saturated rings. The largest absolute Gasteiger partial charge is 0.328 e. The molecule has 0 atom stereocenters. The number of piperidine rings is 1. The van der Waals surface area contributed by atoms with E-state index in [1.807, 2.05) is 12.1 Å². The van der Waals surface area contributed by atoms with E-state index >= 15 is 0 Å². The van der Waals surface area contributed by atoms with Crippen LogP contribution in [0.3, 0.4) is 0 Å². The minimum absolute atomic E-state index is 0.00549. The quantitative estimate of drug-likeness (QED) is 0.669. The normalized spacial score (nSPS) is 15.7. The van der Waals surface area contributed by atoms with Crippen molar-refractivity contribution in [1.82, 2.24) is 14.5 Å². The molecule has 7 heteroatoms. The lowest BCUT2D eigenvalue weighted by molar-refractivity contribution is -0.117. The van der Waals surface area contributed by atoms with Crippen LogP contribution in [0.2, 0.25) is 5.02 Å². The first-order chi connectivity index (χ1) is 14.0. The number of carbonyl (C=O) groups excluding carboxylic acids is 1. The number of benzene rings is 2. The van der Waals surface area contributed by atoms with E-state index in [1.165, 1.54) is 23.7 Å². The molecule has 1 aliphatic heterocycles. The van der Waals surface area contributed by atoms with Crippen LogP contribution >= 0.6 is 11.6 Å². The van der Waals surface area contributed by atoms with Gasteiger partial charge in [0.2, 0.25) is 5.91 Å². The third-order valence-corrected chi connectivity index (χ3v) is 5.85. The number of rotatable bonds is 5. The smallest absolute Gasteiger partial charge is 0.238 e. The molecule has 1 saturated heterocycles. The topological polar surface area (TPSA) is 50.2 Å². The van der Waals surface area contributed by atoms with Crippen LogP contribution < -0.4 is 5.32 Å². The zero-order chi connectivity index (χ0) is 20.4. The first-order valence-electron chi connectivity index (χ1n) is 9.89. The van der Waals surface area contributed by atoms with Gasteiger partial charge in [0.1, 0.15) is 11.6 Å². The van der Waals surface area contributed by atoms with Gasteiger partial charge >= 0.3 is 0 Å². The van der Waals surface area contributed by atoms with Gasteiger partial charge in [0.05, 0.1) is 22.6 Å². The van der Waals surface area contributed by atoms with Crippen LogP contribution in [0.5, 0.6) is 0 Å². The molecule has 2 aromatic carbocycles. The predicted molar refractivity (Wildman–Crippen MR) is 114 cm³/mol. The van der Waals surface area contributed by atoms with E-state index < -0.39 is 5.82 Å². The van der Waals surface area contributed by atoms with Gasteiger partial charge in [-0.25, -0.2) is 9.37 Å². The molecule has 3 aromatic rings. The number of nitrogens with zero attached hydrogens (tertiary/aromatic N) is 3. The SMILES string of the molecule is Cc1nc2ccccc2n1CC1CCN(CC(=O)Nc2ccc(F)c(Cl)c2)CC1. The number of aryl methyl sites for hydroxylation is 1. The van der Waals surface area contributed by atoms with E-state index in [1.54, 1.807) is 0 Å². The third kappa shape index (κ3) is 4.60. The lowest BCUT2D eigenvalue weighted by Gasteiger charge is -2.31. The van der Waals surface area contributed by atoms with Gasteiger partial charge < -0.3 is 9.88 Å². The number of hydrogen-bond acceptors (Lipinski definition) is 3. The fraction of sp³-hybridized carbons (Fsp3) is 0.364. The standard InChI is InChI=1S/C22H24ClFN4O/c1-15-25-20-4-2-3-5-21(20)28(15)13-16-8-10-27(11-9-16)14-22(29)26-17-6-7-19(24)18(23)12-17/h2-7,12,16H,8-11,13-14H2,1H3,(H,26,29). The third-order valence-electron chi connectivity index (χ3n) is 5.56. The van der Waals surface area contributed by atoms with E-state index in [4.69, 9.17) is 11.6 Å². The van der Waals surface area contributed by atoms with Gasteiger partial charge in [0.15, 0.2) is 0 Å². The molecule has 1 N–H and O–H groups in total. The van der Waals surface area contributed by atoms with Crippen LogP contribution in [0.15, 0.2) is 42.5 Å². The van der Waals surface area contributed by atoms with Gasteiger partial charge in [-0.15, -0.1) is 0 Å². The summed E-state index contributed by atoms with van der Waals surface area (Å²) in [6.07, 6.45) is 2.09. The van der Waals surface area contributed by atoms with E-state index in [9.17, 15) is 9.18 Å². The second kappa shape index (κ2) is 8.51. The summed E-state index contributed by atoms with van der Waals surface area (Å²) in [6, 6.07) is 12.4. The minimum Gasteiger partial charge on any atom is -0.328 e. The molecule has 2 heterocycles. The Kier molecular flexibility index (Phi) is 5.83. The van der Waals surface area contributed by atoms with Crippen molar-refractivity contribution in [2.45, 2.75) is 26.3 Å². The van der Waals surface area contributed by atoms with Crippen molar-refractivity contribution < 1.29 is 9.18 Å².